The topological polar surface area (TPSA) is 28.1 Å². The average molecular weight is 209 g/mol. The summed E-state index contributed by atoms with van der Waals surface area (Å²) in [6, 6.07) is 0. The number of halogens is 5. The van der Waals surface area contributed by atoms with Gasteiger partial charge in [-0.15, -0.1) is 0 Å². The molecule has 0 aliphatic heterocycles. The third-order valence-corrected chi connectivity index (χ3v) is 1.53. The molecule has 0 saturated heterocycles. The second-order valence-electron chi connectivity index (χ2n) is 2.35. The molecule has 0 bridgehead atoms. The summed E-state index contributed by atoms with van der Waals surface area (Å²) in [6.07, 6.45) is 0. The van der Waals surface area contributed by atoms with E-state index in [0.717, 1.165) is 0 Å². The summed E-state index contributed by atoms with van der Waals surface area (Å²) in [5.74, 6) is -10.3. The number of benzene rings is 1. The van der Waals surface area contributed by atoms with Crippen molar-refractivity contribution in [1.29, 1.82) is 5.39 Å². The van der Waals surface area contributed by atoms with Crippen LogP contribution in [0.25, 0.3) is 4.98 Å². The second-order valence-corrected chi connectivity index (χ2v) is 2.35. The maximum atomic E-state index is 12.7. The molecule has 0 fully saturated rings. The molecule has 1 rings (SSSR count). The number of hydrogen-bond donors (Lipinski definition) is 0. The molecule has 7 heteroatoms. The van der Waals surface area contributed by atoms with Crippen LogP contribution < -0.4 is 0 Å². The molecule has 74 valence electrons. The summed E-state index contributed by atoms with van der Waals surface area (Å²) in [7, 11) is 0. The maximum Gasteiger partial charge on any atom is 0.336 e. The lowest BCUT2D eigenvalue weighted by Gasteiger charge is -2.01. The van der Waals surface area contributed by atoms with Crippen molar-refractivity contribution in [2.75, 3.05) is 0 Å². The standard InChI is InChI=1S/C7H2F5N2/c8-3-2(1-14-13)4(9)6(11)7(12)5(3)10/h1H2/q+1. The van der Waals surface area contributed by atoms with Crippen LogP contribution in [0.2, 0.25) is 0 Å². The van der Waals surface area contributed by atoms with Crippen molar-refractivity contribution in [1.82, 2.24) is 0 Å². The Kier molecular flexibility index (Phi) is 2.65. The molecule has 0 aromatic heterocycles. The van der Waals surface area contributed by atoms with Gasteiger partial charge in [-0.1, -0.05) is 0 Å². The number of diazo groups is 1. The summed E-state index contributed by atoms with van der Waals surface area (Å²) < 4.78 is 62.7. The van der Waals surface area contributed by atoms with E-state index < -0.39 is 41.2 Å². The predicted molar refractivity (Wildman–Crippen MR) is 35.0 cm³/mol. The van der Waals surface area contributed by atoms with Gasteiger partial charge in [0.2, 0.25) is 11.2 Å². The Morgan fingerprint density at radius 2 is 1.14 bits per heavy atom. The Morgan fingerprint density at radius 3 is 1.50 bits per heavy atom. The monoisotopic (exact) mass is 209 g/mol. The van der Waals surface area contributed by atoms with Crippen molar-refractivity contribution in [3.8, 4) is 0 Å². The highest BCUT2D eigenvalue weighted by atomic mass is 19.2. The molecular weight excluding hydrogens is 207 g/mol. The van der Waals surface area contributed by atoms with E-state index in [9.17, 15) is 22.0 Å². The predicted octanol–water partition coefficient (Wildman–Crippen LogP) is 2.74. The molecule has 1 aromatic carbocycles. The van der Waals surface area contributed by atoms with E-state index in [2.05, 4.69) is 4.98 Å². The van der Waals surface area contributed by atoms with Crippen LogP contribution in [0.15, 0.2) is 0 Å². The molecule has 0 spiro atoms. The molecule has 0 unspecified atom stereocenters. The van der Waals surface area contributed by atoms with Crippen LogP contribution in [0, 0.1) is 34.5 Å². The van der Waals surface area contributed by atoms with Crippen LogP contribution >= 0.6 is 0 Å². The largest absolute Gasteiger partial charge is 0.336 e. The van der Waals surface area contributed by atoms with E-state index in [1.807, 2.05) is 0 Å². The number of nitrogens with zero attached hydrogens (tertiary/aromatic N) is 2. The molecule has 2 nitrogen and oxygen atoms in total. The van der Waals surface area contributed by atoms with Gasteiger partial charge in [0.15, 0.2) is 23.3 Å². The molecule has 0 aliphatic carbocycles. The fourth-order valence-corrected chi connectivity index (χ4v) is 0.860. The second kappa shape index (κ2) is 3.57. The zero-order valence-electron chi connectivity index (χ0n) is 6.49. The van der Waals surface area contributed by atoms with Crippen molar-refractivity contribution in [2.45, 2.75) is 6.54 Å². The van der Waals surface area contributed by atoms with Crippen LogP contribution in [0.5, 0.6) is 0 Å². The minimum atomic E-state index is -2.23. The Morgan fingerprint density at radius 1 is 0.786 bits per heavy atom. The first-order valence-electron chi connectivity index (χ1n) is 3.31. The van der Waals surface area contributed by atoms with Crippen molar-refractivity contribution < 1.29 is 22.0 Å². The van der Waals surface area contributed by atoms with Crippen molar-refractivity contribution in [2.24, 2.45) is 0 Å². The van der Waals surface area contributed by atoms with E-state index in [-0.39, 0.29) is 0 Å². The van der Waals surface area contributed by atoms with Gasteiger partial charge >= 0.3 is 6.54 Å². The molecule has 0 atom stereocenters. The summed E-state index contributed by atoms with van der Waals surface area (Å²) in [5, 5.41) is 7.97. The Hall–Kier alpha value is -1.71. The van der Waals surface area contributed by atoms with E-state index in [1.54, 1.807) is 0 Å². The van der Waals surface area contributed by atoms with Gasteiger partial charge in [0.1, 0.15) is 10.5 Å². The van der Waals surface area contributed by atoms with E-state index >= 15 is 0 Å². The fraction of sp³-hybridized carbons (Fsp3) is 0.143. The molecule has 0 N–H and O–H groups in total. The minimum Gasteiger partial charge on any atom is -0.203 e. The third-order valence-electron chi connectivity index (χ3n) is 1.53. The van der Waals surface area contributed by atoms with Gasteiger partial charge in [0, 0.05) is 0 Å². The molecule has 14 heavy (non-hydrogen) atoms. The Balaban J connectivity index is 3.53. The van der Waals surface area contributed by atoms with Gasteiger partial charge in [0.25, 0.3) is 0 Å². The molecule has 0 heterocycles. The fourth-order valence-electron chi connectivity index (χ4n) is 0.860. The minimum absolute atomic E-state index is 0.994. The Labute approximate surface area is 74.6 Å². The molecule has 0 amide bonds. The molecule has 0 saturated carbocycles. The molecule has 1 aromatic rings. The zero-order valence-corrected chi connectivity index (χ0v) is 6.49. The molecule has 0 radical (unpaired) electrons. The first-order chi connectivity index (χ1) is 6.50. The zero-order chi connectivity index (χ0) is 10.9. The van der Waals surface area contributed by atoms with Crippen LogP contribution in [-0.4, -0.2) is 0 Å². The van der Waals surface area contributed by atoms with Crippen molar-refractivity contribution in [3.05, 3.63) is 39.6 Å². The smallest absolute Gasteiger partial charge is 0.203 e. The van der Waals surface area contributed by atoms with Crippen LogP contribution in [0.3, 0.4) is 0 Å². The van der Waals surface area contributed by atoms with Crippen molar-refractivity contribution >= 4 is 0 Å². The summed E-state index contributed by atoms with van der Waals surface area (Å²) in [4.78, 5) is 2.30. The highest BCUT2D eigenvalue weighted by molar-refractivity contribution is 5.24. The normalized spacial score (nSPS) is 10.0. The Bertz CT molecular complexity index is 394. The SMILES string of the molecule is N#[N+]Cc1c(F)c(F)c(F)c(F)c1F. The third kappa shape index (κ3) is 1.39. The maximum absolute atomic E-state index is 12.7. The van der Waals surface area contributed by atoms with E-state index in [0.29, 0.717) is 0 Å². The molecule has 0 aliphatic rings. The van der Waals surface area contributed by atoms with Crippen LogP contribution in [-0.2, 0) is 6.54 Å². The quantitative estimate of drug-likeness (QED) is 0.302. The highest BCUT2D eigenvalue weighted by Gasteiger charge is 2.28. The molecular formula is C7H2F5N2+. The van der Waals surface area contributed by atoms with Gasteiger partial charge in [0.05, 0.1) is 0 Å². The highest BCUT2D eigenvalue weighted by Crippen LogP contribution is 2.23. The lowest BCUT2D eigenvalue weighted by atomic mass is 10.1. The first kappa shape index (κ1) is 10.4. The van der Waals surface area contributed by atoms with Crippen molar-refractivity contribution in [3.63, 3.8) is 0 Å². The van der Waals surface area contributed by atoms with E-state index in [1.165, 1.54) is 0 Å². The lowest BCUT2D eigenvalue weighted by molar-refractivity contribution is 0.371. The summed E-state index contributed by atoms with van der Waals surface area (Å²) in [6.45, 7) is -0.994. The lowest BCUT2D eigenvalue weighted by Crippen LogP contribution is -2.05. The number of hydrogen-bond acceptors (Lipinski definition) is 1. The van der Waals surface area contributed by atoms with Gasteiger partial charge in [-0.2, -0.15) is 0 Å². The van der Waals surface area contributed by atoms with Gasteiger partial charge in [-0.3, -0.25) is 0 Å². The van der Waals surface area contributed by atoms with Gasteiger partial charge in [-0.25, -0.2) is 22.0 Å². The van der Waals surface area contributed by atoms with E-state index in [4.69, 9.17) is 5.39 Å². The summed E-state index contributed by atoms with van der Waals surface area (Å²) in [5.41, 5.74) is -1.16. The number of rotatable bonds is 1. The van der Waals surface area contributed by atoms with Gasteiger partial charge in [-0.05, 0) is 0 Å². The first-order valence-corrected chi connectivity index (χ1v) is 3.31. The van der Waals surface area contributed by atoms with Crippen LogP contribution in [0.4, 0.5) is 22.0 Å². The van der Waals surface area contributed by atoms with Crippen LogP contribution in [0.1, 0.15) is 5.56 Å². The van der Waals surface area contributed by atoms with Gasteiger partial charge < -0.3 is 0 Å². The average Bonchev–Trinajstić information content (AvgIpc) is 2.19. The summed E-state index contributed by atoms with van der Waals surface area (Å²) >= 11 is 0.